The lowest BCUT2D eigenvalue weighted by molar-refractivity contribution is 0.185. The summed E-state index contributed by atoms with van der Waals surface area (Å²) >= 11 is 0. The van der Waals surface area contributed by atoms with Gasteiger partial charge in [0.15, 0.2) is 11.0 Å². The van der Waals surface area contributed by atoms with E-state index in [9.17, 15) is 8.42 Å². The van der Waals surface area contributed by atoms with Gasteiger partial charge in [-0.15, -0.1) is 0 Å². The number of aromatic nitrogens is 2. The maximum Gasteiger partial charge on any atom is 0.245 e. The van der Waals surface area contributed by atoms with E-state index in [-0.39, 0.29) is 17.0 Å². The lowest BCUT2D eigenvalue weighted by Crippen LogP contribution is -2.30. The molecular weight excluding hydrogens is 296 g/mol. The number of ether oxygens (including phenoxy) is 1. The standard InChI is InChI=1S/C12H18N4O4S/c1-15(2)9-5-6-10(12-11(9)13-20-14-12)21(17,18)16(3)7-8-19-4/h5-6H,7-8H2,1-4H3. The molecule has 1 heterocycles. The fraction of sp³-hybridized carbons (Fsp3) is 0.500. The topological polar surface area (TPSA) is 88.8 Å². The van der Waals surface area contributed by atoms with Crippen molar-refractivity contribution in [2.75, 3.05) is 46.3 Å². The van der Waals surface area contributed by atoms with E-state index in [1.54, 1.807) is 6.07 Å². The first-order valence-electron chi connectivity index (χ1n) is 6.27. The van der Waals surface area contributed by atoms with Gasteiger partial charge in [-0.05, 0) is 22.4 Å². The minimum Gasteiger partial charge on any atom is -0.383 e. The van der Waals surface area contributed by atoms with Crippen LogP contribution in [0.2, 0.25) is 0 Å². The van der Waals surface area contributed by atoms with Crippen LogP contribution in [0, 0.1) is 0 Å². The van der Waals surface area contributed by atoms with Gasteiger partial charge in [0.2, 0.25) is 10.0 Å². The molecule has 21 heavy (non-hydrogen) atoms. The van der Waals surface area contributed by atoms with E-state index in [2.05, 4.69) is 10.3 Å². The molecule has 0 aliphatic rings. The van der Waals surface area contributed by atoms with Gasteiger partial charge in [0, 0.05) is 34.8 Å². The molecule has 0 unspecified atom stereocenters. The van der Waals surface area contributed by atoms with Crippen molar-refractivity contribution in [1.82, 2.24) is 14.6 Å². The number of anilines is 1. The van der Waals surface area contributed by atoms with Gasteiger partial charge >= 0.3 is 0 Å². The van der Waals surface area contributed by atoms with Crippen LogP contribution < -0.4 is 4.90 Å². The molecule has 0 aliphatic carbocycles. The molecule has 2 rings (SSSR count). The van der Waals surface area contributed by atoms with Gasteiger partial charge in [-0.1, -0.05) is 0 Å². The third-order valence-electron chi connectivity index (χ3n) is 3.14. The molecule has 9 heteroatoms. The first-order valence-corrected chi connectivity index (χ1v) is 7.71. The van der Waals surface area contributed by atoms with Crippen molar-refractivity contribution in [3.8, 4) is 0 Å². The van der Waals surface area contributed by atoms with Crippen LogP contribution in [0.4, 0.5) is 5.69 Å². The number of rotatable bonds is 6. The predicted molar refractivity (Wildman–Crippen MR) is 77.8 cm³/mol. The van der Waals surface area contributed by atoms with Crippen molar-refractivity contribution in [2.24, 2.45) is 0 Å². The Kier molecular flexibility index (Phi) is 4.45. The highest BCUT2D eigenvalue weighted by Crippen LogP contribution is 2.29. The van der Waals surface area contributed by atoms with Crippen LogP contribution in [0.3, 0.4) is 0 Å². The van der Waals surface area contributed by atoms with E-state index in [1.807, 2.05) is 19.0 Å². The second-order valence-electron chi connectivity index (χ2n) is 4.76. The fourth-order valence-corrected chi connectivity index (χ4v) is 3.18. The molecule has 0 N–H and O–H groups in total. The molecule has 0 saturated carbocycles. The summed E-state index contributed by atoms with van der Waals surface area (Å²) in [5.74, 6) is 0. The van der Waals surface area contributed by atoms with Crippen molar-refractivity contribution in [2.45, 2.75) is 4.90 Å². The average molecular weight is 314 g/mol. The Labute approximate surface area is 123 Å². The molecule has 0 fully saturated rings. The van der Waals surface area contributed by atoms with E-state index in [4.69, 9.17) is 9.37 Å². The van der Waals surface area contributed by atoms with Crippen LogP contribution in [-0.2, 0) is 14.8 Å². The summed E-state index contributed by atoms with van der Waals surface area (Å²) in [6.07, 6.45) is 0. The molecule has 0 amide bonds. The summed E-state index contributed by atoms with van der Waals surface area (Å²) in [7, 11) is 3.01. The van der Waals surface area contributed by atoms with Crippen molar-refractivity contribution in [1.29, 1.82) is 0 Å². The summed E-state index contributed by atoms with van der Waals surface area (Å²) in [5.41, 5.74) is 1.39. The summed E-state index contributed by atoms with van der Waals surface area (Å²) < 4.78 is 36.0. The molecule has 0 saturated heterocycles. The van der Waals surface area contributed by atoms with Crippen molar-refractivity contribution >= 4 is 26.7 Å². The number of likely N-dealkylation sites (N-methyl/N-ethyl adjacent to an activating group) is 1. The number of benzene rings is 1. The van der Waals surface area contributed by atoms with Gasteiger partial charge in [0.1, 0.15) is 4.90 Å². The number of hydrogen-bond acceptors (Lipinski definition) is 7. The number of sulfonamides is 1. The second kappa shape index (κ2) is 5.96. The highest BCUT2D eigenvalue weighted by molar-refractivity contribution is 7.89. The van der Waals surface area contributed by atoms with Gasteiger partial charge in [-0.3, -0.25) is 0 Å². The van der Waals surface area contributed by atoms with Crippen molar-refractivity contribution < 1.29 is 17.8 Å². The quantitative estimate of drug-likeness (QED) is 0.769. The van der Waals surface area contributed by atoms with E-state index >= 15 is 0 Å². The zero-order valence-electron chi connectivity index (χ0n) is 12.4. The van der Waals surface area contributed by atoms with Crippen LogP contribution in [0.15, 0.2) is 21.7 Å². The van der Waals surface area contributed by atoms with E-state index in [1.165, 1.54) is 24.5 Å². The molecule has 8 nitrogen and oxygen atoms in total. The molecule has 116 valence electrons. The molecule has 0 spiro atoms. The Hall–Kier alpha value is -1.71. The fourth-order valence-electron chi connectivity index (χ4n) is 1.91. The van der Waals surface area contributed by atoms with Gasteiger partial charge in [0.05, 0.1) is 12.3 Å². The molecule has 1 aromatic heterocycles. The second-order valence-corrected chi connectivity index (χ2v) is 6.77. The number of fused-ring (bicyclic) bond motifs is 1. The first-order chi connectivity index (χ1) is 9.89. The number of methoxy groups -OCH3 is 1. The van der Waals surface area contributed by atoms with Gasteiger partial charge in [-0.2, -0.15) is 4.31 Å². The zero-order valence-corrected chi connectivity index (χ0v) is 13.2. The lowest BCUT2D eigenvalue weighted by Gasteiger charge is -2.18. The molecule has 2 aromatic rings. The summed E-state index contributed by atoms with van der Waals surface area (Å²) in [6, 6.07) is 3.20. The van der Waals surface area contributed by atoms with Crippen molar-refractivity contribution in [3.05, 3.63) is 12.1 Å². The summed E-state index contributed by atoms with van der Waals surface area (Å²) in [6.45, 7) is 0.562. The third kappa shape index (κ3) is 2.85. The normalized spacial score (nSPS) is 12.2. The maximum atomic E-state index is 12.6. The van der Waals surface area contributed by atoms with Crippen LogP contribution >= 0.6 is 0 Å². The van der Waals surface area contributed by atoms with E-state index < -0.39 is 10.0 Å². The monoisotopic (exact) mass is 314 g/mol. The minimum atomic E-state index is -3.68. The summed E-state index contributed by atoms with van der Waals surface area (Å²) in [4.78, 5) is 1.89. The lowest BCUT2D eigenvalue weighted by atomic mass is 10.2. The Morgan fingerprint density at radius 1 is 1.19 bits per heavy atom. The van der Waals surface area contributed by atoms with Gasteiger partial charge in [0.25, 0.3) is 0 Å². The molecule has 0 aliphatic heterocycles. The molecule has 1 aromatic carbocycles. The van der Waals surface area contributed by atoms with Gasteiger partial charge < -0.3 is 9.64 Å². The van der Waals surface area contributed by atoms with E-state index in [0.29, 0.717) is 12.1 Å². The molecule has 0 atom stereocenters. The van der Waals surface area contributed by atoms with Crippen LogP contribution in [0.25, 0.3) is 11.0 Å². The SMILES string of the molecule is COCCN(C)S(=O)(=O)c1ccc(N(C)C)c2nonc12. The number of hydrogen-bond donors (Lipinski definition) is 0. The smallest absolute Gasteiger partial charge is 0.245 e. The maximum absolute atomic E-state index is 12.6. The molecule has 0 radical (unpaired) electrons. The predicted octanol–water partition coefficient (Wildman–Crippen LogP) is 0.556. The van der Waals surface area contributed by atoms with Gasteiger partial charge in [-0.25, -0.2) is 13.0 Å². The minimum absolute atomic E-state index is 0.0722. The first kappa shape index (κ1) is 15.7. The molecular formula is C12H18N4O4S. The van der Waals surface area contributed by atoms with Crippen LogP contribution in [0.5, 0.6) is 0 Å². The number of nitrogens with zero attached hydrogens (tertiary/aromatic N) is 4. The Morgan fingerprint density at radius 2 is 1.86 bits per heavy atom. The summed E-state index contributed by atoms with van der Waals surface area (Å²) in [5, 5.41) is 7.54. The largest absolute Gasteiger partial charge is 0.383 e. The molecule has 0 bridgehead atoms. The average Bonchev–Trinajstić information content (AvgIpc) is 2.92. The Balaban J connectivity index is 2.52. The van der Waals surface area contributed by atoms with Crippen molar-refractivity contribution in [3.63, 3.8) is 0 Å². The Morgan fingerprint density at radius 3 is 2.48 bits per heavy atom. The third-order valence-corrected chi connectivity index (χ3v) is 5.03. The van der Waals surface area contributed by atoms with E-state index in [0.717, 1.165) is 5.69 Å². The van der Waals surface area contributed by atoms with Crippen LogP contribution in [-0.4, -0.2) is 64.4 Å². The zero-order chi connectivity index (χ0) is 15.6. The van der Waals surface area contributed by atoms with Crippen LogP contribution in [0.1, 0.15) is 0 Å². The highest BCUT2D eigenvalue weighted by atomic mass is 32.2. The highest BCUT2D eigenvalue weighted by Gasteiger charge is 2.26. The Bertz CT molecular complexity index is 726.